The highest BCUT2D eigenvalue weighted by Crippen LogP contribution is 2.70. The first-order valence-corrected chi connectivity index (χ1v) is 10.7. The summed E-state index contributed by atoms with van der Waals surface area (Å²) < 4.78 is 0. The molecule has 154 valence electrons. The Morgan fingerprint density at radius 3 is 2.47 bits per heavy atom. The zero-order chi connectivity index (χ0) is 21.1. The minimum Gasteiger partial charge on any atom is -0.311 e. The number of benzene rings is 2. The van der Waals surface area contributed by atoms with E-state index in [1.165, 1.54) is 5.56 Å². The van der Waals surface area contributed by atoms with Gasteiger partial charge in [-0.1, -0.05) is 57.2 Å². The molecule has 5 heteroatoms. The normalized spacial score (nSPS) is 30.0. The van der Waals surface area contributed by atoms with Gasteiger partial charge in [0.1, 0.15) is 11.1 Å². The zero-order valence-electron chi connectivity index (χ0n) is 17.7. The Morgan fingerprint density at radius 2 is 1.70 bits per heavy atom. The predicted octanol–water partition coefficient (Wildman–Crippen LogP) is 4.44. The van der Waals surface area contributed by atoms with Crippen molar-refractivity contribution in [2.45, 2.75) is 40.0 Å². The number of carbonyl (C=O) groups is 2. The molecule has 2 bridgehead atoms. The predicted molar refractivity (Wildman–Crippen MR) is 119 cm³/mol. The van der Waals surface area contributed by atoms with Crippen molar-refractivity contribution in [3.05, 3.63) is 60.2 Å². The molecule has 3 aliphatic rings. The van der Waals surface area contributed by atoms with Crippen LogP contribution in [0.25, 0.3) is 0 Å². The topological polar surface area (TPSA) is 61.8 Å². The van der Waals surface area contributed by atoms with Gasteiger partial charge >= 0.3 is 0 Å². The van der Waals surface area contributed by atoms with Crippen LogP contribution in [0.5, 0.6) is 0 Å². The first-order valence-electron chi connectivity index (χ1n) is 10.7. The van der Waals surface area contributed by atoms with Crippen LogP contribution < -0.4 is 10.3 Å². The summed E-state index contributed by atoms with van der Waals surface area (Å²) in [5, 5.41) is 4.57. The van der Waals surface area contributed by atoms with E-state index in [4.69, 9.17) is 0 Å². The monoisotopic (exact) mass is 401 g/mol. The number of nitrogens with one attached hydrogen (secondary N) is 1. The maximum Gasteiger partial charge on any atom is 0.241 e. The molecule has 2 saturated carbocycles. The molecule has 1 N–H and O–H groups in total. The highest BCUT2D eigenvalue weighted by atomic mass is 16.2. The average molecular weight is 402 g/mol. The van der Waals surface area contributed by atoms with Crippen LogP contribution in [0.1, 0.15) is 39.2 Å². The van der Waals surface area contributed by atoms with E-state index in [2.05, 4.69) is 37.4 Å². The molecule has 0 radical (unpaired) electrons. The molecule has 0 aromatic heterocycles. The minimum atomic E-state index is -1.06. The number of rotatable bonds is 3. The quantitative estimate of drug-likeness (QED) is 0.611. The molecular formula is C25H27N3O2. The molecule has 5 nitrogen and oxygen atoms in total. The van der Waals surface area contributed by atoms with Crippen LogP contribution in [0, 0.1) is 16.2 Å². The molecule has 2 unspecified atom stereocenters. The van der Waals surface area contributed by atoms with Gasteiger partial charge in [-0.15, -0.1) is 0 Å². The number of carbonyl (C=O) groups excluding carboxylic acids is 2. The number of para-hydroxylation sites is 2. The molecule has 1 amide bonds. The van der Waals surface area contributed by atoms with Gasteiger partial charge in [-0.2, -0.15) is 5.10 Å². The number of Topliss-reactive ketones (excluding diaryl/α,β-unsaturated/α-hetero) is 1. The van der Waals surface area contributed by atoms with Crippen LogP contribution in [-0.4, -0.2) is 23.9 Å². The summed E-state index contributed by atoms with van der Waals surface area (Å²) in [6.07, 6.45) is 2.19. The summed E-state index contributed by atoms with van der Waals surface area (Å²) >= 11 is 0. The fraction of sp³-hybridized carbons (Fsp3) is 0.400. The first-order chi connectivity index (χ1) is 14.3. The van der Waals surface area contributed by atoms with Crippen LogP contribution in [0.15, 0.2) is 59.7 Å². The highest BCUT2D eigenvalue weighted by Gasteiger charge is 2.77. The number of hydrogen-bond acceptors (Lipinski definition) is 4. The fourth-order valence-corrected chi connectivity index (χ4v) is 5.86. The van der Waals surface area contributed by atoms with Gasteiger partial charge in [-0.05, 0) is 48.4 Å². The summed E-state index contributed by atoms with van der Waals surface area (Å²) in [6, 6.07) is 17.6. The van der Waals surface area contributed by atoms with Crippen molar-refractivity contribution in [3.8, 4) is 0 Å². The van der Waals surface area contributed by atoms with E-state index in [0.717, 1.165) is 24.2 Å². The molecule has 1 aliphatic heterocycles. The molecule has 30 heavy (non-hydrogen) atoms. The second-order valence-corrected chi connectivity index (χ2v) is 9.47. The van der Waals surface area contributed by atoms with Crippen molar-refractivity contribution >= 4 is 28.8 Å². The molecule has 5 rings (SSSR count). The molecule has 2 atom stereocenters. The Kier molecular flexibility index (Phi) is 3.98. The molecule has 1 heterocycles. The van der Waals surface area contributed by atoms with Crippen LogP contribution in [0.4, 0.5) is 11.4 Å². The SMILES string of the molecule is CC12CCC(C(=O)N3CCc4ccccc43)(C(=O)/C1=N\Nc1ccccc1)C2(C)C. The molecule has 2 aliphatic carbocycles. The maximum absolute atomic E-state index is 14.0. The van der Waals surface area contributed by atoms with E-state index in [-0.39, 0.29) is 11.7 Å². The summed E-state index contributed by atoms with van der Waals surface area (Å²) in [6.45, 7) is 6.87. The number of nitrogens with zero attached hydrogens (tertiary/aromatic N) is 2. The number of fused-ring (bicyclic) bond motifs is 3. The van der Waals surface area contributed by atoms with Crippen LogP contribution in [0.3, 0.4) is 0 Å². The minimum absolute atomic E-state index is 0.0592. The zero-order valence-corrected chi connectivity index (χ0v) is 17.7. The van der Waals surface area contributed by atoms with E-state index < -0.39 is 16.2 Å². The number of anilines is 2. The van der Waals surface area contributed by atoms with E-state index in [1.807, 2.05) is 53.4 Å². The number of ketones is 1. The molecule has 2 aromatic carbocycles. The fourth-order valence-electron chi connectivity index (χ4n) is 5.86. The molecular weight excluding hydrogens is 374 g/mol. The van der Waals surface area contributed by atoms with Gasteiger partial charge in [0.15, 0.2) is 5.78 Å². The Balaban J connectivity index is 1.55. The summed E-state index contributed by atoms with van der Waals surface area (Å²) in [7, 11) is 0. The lowest BCUT2D eigenvalue weighted by molar-refractivity contribution is -0.141. The van der Waals surface area contributed by atoms with Gasteiger partial charge in [0.05, 0.1) is 5.69 Å². The Morgan fingerprint density at radius 1 is 1.00 bits per heavy atom. The van der Waals surface area contributed by atoms with Crippen molar-refractivity contribution in [2.24, 2.45) is 21.3 Å². The van der Waals surface area contributed by atoms with Crippen LogP contribution in [0.2, 0.25) is 0 Å². The highest BCUT2D eigenvalue weighted by molar-refractivity contribution is 6.51. The second kappa shape index (κ2) is 6.27. The van der Waals surface area contributed by atoms with Gasteiger partial charge < -0.3 is 4.90 Å². The second-order valence-electron chi connectivity index (χ2n) is 9.47. The molecule has 2 fully saturated rings. The van der Waals surface area contributed by atoms with Crippen LogP contribution >= 0.6 is 0 Å². The first kappa shape index (κ1) is 19.0. The summed E-state index contributed by atoms with van der Waals surface area (Å²) in [5.41, 5.74) is 4.49. The third-order valence-electron chi connectivity index (χ3n) is 8.14. The van der Waals surface area contributed by atoms with E-state index in [9.17, 15) is 9.59 Å². The molecule has 0 spiro atoms. The van der Waals surface area contributed by atoms with Gasteiger partial charge in [-0.3, -0.25) is 15.0 Å². The third-order valence-corrected chi connectivity index (χ3v) is 8.14. The lowest BCUT2D eigenvalue weighted by atomic mass is 9.64. The van der Waals surface area contributed by atoms with E-state index >= 15 is 0 Å². The van der Waals surface area contributed by atoms with Gasteiger partial charge in [0.25, 0.3) is 0 Å². The van der Waals surface area contributed by atoms with Gasteiger partial charge in [0, 0.05) is 17.6 Å². The van der Waals surface area contributed by atoms with Gasteiger partial charge in [-0.25, -0.2) is 0 Å². The Bertz CT molecular complexity index is 1070. The van der Waals surface area contributed by atoms with Crippen molar-refractivity contribution < 1.29 is 9.59 Å². The summed E-state index contributed by atoms with van der Waals surface area (Å²) in [4.78, 5) is 29.7. The lowest BCUT2D eigenvalue weighted by Crippen LogP contribution is -2.52. The third kappa shape index (κ3) is 2.21. The Hall–Kier alpha value is -2.95. The number of hydrogen-bond donors (Lipinski definition) is 1. The molecule has 0 saturated heterocycles. The smallest absolute Gasteiger partial charge is 0.241 e. The van der Waals surface area contributed by atoms with Crippen molar-refractivity contribution in [3.63, 3.8) is 0 Å². The number of amides is 1. The average Bonchev–Trinajstić information content (AvgIpc) is 3.30. The maximum atomic E-state index is 14.0. The van der Waals surface area contributed by atoms with E-state index in [0.29, 0.717) is 18.7 Å². The van der Waals surface area contributed by atoms with Gasteiger partial charge in [0.2, 0.25) is 5.91 Å². The lowest BCUT2D eigenvalue weighted by Gasteiger charge is -2.39. The Labute approximate surface area is 177 Å². The van der Waals surface area contributed by atoms with E-state index in [1.54, 1.807) is 0 Å². The number of hydrazone groups is 1. The summed E-state index contributed by atoms with van der Waals surface area (Å²) in [5.74, 6) is -0.171. The van der Waals surface area contributed by atoms with Crippen molar-refractivity contribution in [1.29, 1.82) is 0 Å². The largest absolute Gasteiger partial charge is 0.311 e. The molecule has 2 aromatic rings. The van der Waals surface area contributed by atoms with Crippen LogP contribution in [-0.2, 0) is 16.0 Å². The van der Waals surface area contributed by atoms with Crippen molar-refractivity contribution in [2.75, 3.05) is 16.9 Å². The standard InChI is InChI=1S/C25H27N3O2/c1-23(2)24(3)14-15-25(23,21(29)20(24)27-26-18-10-5-4-6-11-18)22(30)28-16-13-17-9-7-8-12-19(17)28/h4-12,26H,13-16H2,1-3H3/b27-20+. The van der Waals surface area contributed by atoms with Crippen molar-refractivity contribution in [1.82, 2.24) is 0 Å².